The second kappa shape index (κ2) is 10.4. The molecule has 1 N–H and O–H groups in total. The van der Waals surface area contributed by atoms with Crippen molar-refractivity contribution in [3.05, 3.63) is 0 Å². The predicted octanol–water partition coefficient (Wildman–Crippen LogP) is 1.26. The van der Waals surface area contributed by atoms with Gasteiger partial charge in [0.1, 0.15) is 0 Å². The molecule has 0 aromatic rings. The highest BCUT2D eigenvalue weighted by Crippen LogP contribution is 1.99. The van der Waals surface area contributed by atoms with Gasteiger partial charge < -0.3 is 15.1 Å². The van der Waals surface area contributed by atoms with Gasteiger partial charge in [0, 0.05) is 13.1 Å². The standard InChI is InChI=1S/C12H29N3/c1-14(2)11-8-6-5-7-9-13-10-12-15(3)4/h13H,5-12H2,1-4H3. The molecule has 3 nitrogen and oxygen atoms in total. The Morgan fingerprint density at radius 3 is 1.87 bits per heavy atom. The summed E-state index contributed by atoms with van der Waals surface area (Å²) in [5.41, 5.74) is 0. The number of rotatable bonds is 10. The summed E-state index contributed by atoms with van der Waals surface area (Å²) in [5.74, 6) is 0. The lowest BCUT2D eigenvalue weighted by Gasteiger charge is -2.10. The Labute approximate surface area is 95.8 Å². The highest BCUT2D eigenvalue weighted by atomic mass is 15.1. The van der Waals surface area contributed by atoms with Crippen LogP contribution in [0.4, 0.5) is 0 Å². The van der Waals surface area contributed by atoms with Gasteiger partial charge in [0.15, 0.2) is 0 Å². The largest absolute Gasteiger partial charge is 0.315 e. The first-order valence-electron chi connectivity index (χ1n) is 6.13. The molecular weight excluding hydrogens is 186 g/mol. The first-order valence-corrected chi connectivity index (χ1v) is 6.13. The fourth-order valence-corrected chi connectivity index (χ4v) is 1.46. The molecule has 0 aromatic heterocycles. The molecule has 0 rings (SSSR count). The van der Waals surface area contributed by atoms with Crippen molar-refractivity contribution in [2.24, 2.45) is 0 Å². The fraction of sp³-hybridized carbons (Fsp3) is 1.00. The first-order chi connectivity index (χ1) is 7.13. The molecule has 0 saturated carbocycles. The van der Waals surface area contributed by atoms with Gasteiger partial charge in [-0.05, 0) is 54.1 Å². The van der Waals surface area contributed by atoms with Crippen molar-refractivity contribution in [1.29, 1.82) is 0 Å². The summed E-state index contributed by atoms with van der Waals surface area (Å²) in [5, 5.41) is 3.46. The molecular formula is C12H29N3. The zero-order valence-electron chi connectivity index (χ0n) is 11.1. The predicted molar refractivity (Wildman–Crippen MR) is 68.4 cm³/mol. The van der Waals surface area contributed by atoms with Gasteiger partial charge in [-0.15, -0.1) is 0 Å². The number of hydrogen-bond acceptors (Lipinski definition) is 3. The summed E-state index contributed by atoms with van der Waals surface area (Å²) in [6, 6.07) is 0. The molecule has 0 aromatic carbocycles. The topological polar surface area (TPSA) is 18.5 Å². The first kappa shape index (κ1) is 14.9. The molecule has 0 amide bonds. The van der Waals surface area contributed by atoms with Crippen molar-refractivity contribution >= 4 is 0 Å². The molecule has 0 aliphatic rings. The fourth-order valence-electron chi connectivity index (χ4n) is 1.46. The van der Waals surface area contributed by atoms with E-state index in [1.807, 2.05) is 0 Å². The van der Waals surface area contributed by atoms with E-state index in [2.05, 4.69) is 43.3 Å². The number of hydrogen-bond donors (Lipinski definition) is 1. The normalized spacial score (nSPS) is 11.6. The molecule has 92 valence electrons. The molecule has 0 heterocycles. The Hall–Kier alpha value is -0.120. The van der Waals surface area contributed by atoms with Crippen molar-refractivity contribution in [3.8, 4) is 0 Å². The maximum absolute atomic E-state index is 3.46. The Morgan fingerprint density at radius 1 is 0.667 bits per heavy atom. The van der Waals surface area contributed by atoms with E-state index in [1.165, 1.54) is 38.8 Å². The van der Waals surface area contributed by atoms with Crippen LogP contribution in [0.1, 0.15) is 25.7 Å². The Balaban J connectivity index is 2.93. The van der Waals surface area contributed by atoms with Gasteiger partial charge in [-0.25, -0.2) is 0 Å². The molecule has 0 fully saturated rings. The zero-order chi connectivity index (χ0) is 11.5. The number of likely N-dealkylation sites (N-methyl/N-ethyl adjacent to an activating group) is 1. The van der Waals surface area contributed by atoms with Crippen molar-refractivity contribution in [3.63, 3.8) is 0 Å². The summed E-state index contributed by atoms with van der Waals surface area (Å²) < 4.78 is 0. The Morgan fingerprint density at radius 2 is 1.27 bits per heavy atom. The van der Waals surface area contributed by atoms with Crippen molar-refractivity contribution in [2.45, 2.75) is 25.7 Å². The highest BCUT2D eigenvalue weighted by Gasteiger charge is 1.93. The van der Waals surface area contributed by atoms with Gasteiger partial charge >= 0.3 is 0 Å². The molecule has 0 spiro atoms. The van der Waals surface area contributed by atoms with Gasteiger partial charge in [-0.2, -0.15) is 0 Å². The highest BCUT2D eigenvalue weighted by molar-refractivity contribution is 4.52. The SMILES string of the molecule is CN(C)CCCCCCNCCN(C)C. The molecule has 0 atom stereocenters. The maximum atomic E-state index is 3.46. The summed E-state index contributed by atoms with van der Waals surface area (Å²) in [6.45, 7) is 4.66. The van der Waals surface area contributed by atoms with E-state index in [0.717, 1.165) is 13.1 Å². The third kappa shape index (κ3) is 13.9. The van der Waals surface area contributed by atoms with E-state index in [4.69, 9.17) is 0 Å². The average Bonchev–Trinajstić information content (AvgIpc) is 2.14. The lowest BCUT2D eigenvalue weighted by molar-refractivity contribution is 0.386. The van der Waals surface area contributed by atoms with Crippen LogP contribution >= 0.6 is 0 Å². The van der Waals surface area contributed by atoms with Crippen LogP contribution in [0.5, 0.6) is 0 Å². The van der Waals surface area contributed by atoms with Gasteiger partial charge in [0.2, 0.25) is 0 Å². The number of nitrogens with zero attached hydrogens (tertiary/aromatic N) is 2. The van der Waals surface area contributed by atoms with E-state index in [0.29, 0.717) is 0 Å². The smallest absolute Gasteiger partial charge is 0.0101 e. The lowest BCUT2D eigenvalue weighted by atomic mass is 10.2. The van der Waals surface area contributed by atoms with Crippen LogP contribution in [0.15, 0.2) is 0 Å². The summed E-state index contributed by atoms with van der Waals surface area (Å²) >= 11 is 0. The number of nitrogens with one attached hydrogen (secondary N) is 1. The molecule has 15 heavy (non-hydrogen) atoms. The second-order valence-electron chi connectivity index (χ2n) is 4.77. The molecule has 0 saturated heterocycles. The molecule has 3 heteroatoms. The van der Waals surface area contributed by atoms with Gasteiger partial charge in [0.25, 0.3) is 0 Å². The summed E-state index contributed by atoms with van der Waals surface area (Å²) in [7, 11) is 8.51. The van der Waals surface area contributed by atoms with Gasteiger partial charge in [-0.1, -0.05) is 12.8 Å². The van der Waals surface area contributed by atoms with Crippen LogP contribution in [0.3, 0.4) is 0 Å². The monoisotopic (exact) mass is 215 g/mol. The van der Waals surface area contributed by atoms with E-state index in [9.17, 15) is 0 Å². The van der Waals surface area contributed by atoms with Crippen molar-refractivity contribution in [1.82, 2.24) is 15.1 Å². The summed E-state index contributed by atoms with van der Waals surface area (Å²) in [4.78, 5) is 4.47. The number of unbranched alkanes of at least 4 members (excludes halogenated alkanes) is 3. The summed E-state index contributed by atoms with van der Waals surface area (Å²) in [6.07, 6.45) is 5.39. The minimum absolute atomic E-state index is 1.12. The molecule has 0 bridgehead atoms. The Kier molecular flexibility index (Phi) is 10.3. The van der Waals surface area contributed by atoms with Gasteiger partial charge in [-0.3, -0.25) is 0 Å². The van der Waals surface area contributed by atoms with E-state index < -0.39 is 0 Å². The molecule has 0 aliphatic carbocycles. The van der Waals surface area contributed by atoms with Crippen LogP contribution in [0, 0.1) is 0 Å². The van der Waals surface area contributed by atoms with Crippen LogP contribution in [0.2, 0.25) is 0 Å². The van der Waals surface area contributed by atoms with Crippen molar-refractivity contribution < 1.29 is 0 Å². The lowest BCUT2D eigenvalue weighted by Crippen LogP contribution is -2.27. The minimum atomic E-state index is 1.12. The third-order valence-electron chi connectivity index (χ3n) is 2.44. The average molecular weight is 215 g/mol. The van der Waals surface area contributed by atoms with Crippen molar-refractivity contribution in [2.75, 3.05) is 54.4 Å². The maximum Gasteiger partial charge on any atom is 0.0101 e. The van der Waals surface area contributed by atoms with E-state index in [1.54, 1.807) is 0 Å². The van der Waals surface area contributed by atoms with Crippen LogP contribution in [-0.4, -0.2) is 64.2 Å². The quantitative estimate of drug-likeness (QED) is 0.554. The zero-order valence-corrected chi connectivity index (χ0v) is 11.1. The molecule has 0 aliphatic heterocycles. The van der Waals surface area contributed by atoms with Crippen LogP contribution in [-0.2, 0) is 0 Å². The van der Waals surface area contributed by atoms with Crippen LogP contribution in [0.25, 0.3) is 0 Å². The van der Waals surface area contributed by atoms with E-state index in [-0.39, 0.29) is 0 Å². The second-order valence-corrected chi connectivity index (χ2v) is 4.77. The minimum Gasteiger partial charge on any atom is -0.315 e. The van der Waals surface area contributed by atoms with Gasteiger partial charge in [0.05, 0.1) is 0 Å². The Bertz CT molecular complexity index is 110. The van der Waals surface area contributed by atoms with E-state index >= 15 is 0 Å². The van der Waals surface area contributed by atoms with Crippen LogP contribution < -0.4 is 5.32 Å². The molecule has 0 radical (unpaired) electrons. The molecule has 0 unspecified atom stereocenters. The third-order valence-corrected chi connectivity index (χ3v) is 2.44.